The fraction of sp³-hybridized carbons (Fsp3) is 0.684. The van der Waals surface area contributed by atoms with E-state index < -0.39 is 0 Å². The maximum Gasteiger partial charge on any atom is 0.267 e. The molecule has 0 bridgehead atoms. The van der Waals surface area contributed by atoms with Crippen LogP contribution in [0.25, 0.3) is 0 Å². The number of likely N-dealkylation sites (tertiary alicyclic amines) is 2. The molecule has 7 heteroatoms. The molecule has 1 aromatic heterocycles. The molecule has 5 rings (SSSR count). The van der Waals surface area contributed by atoms with E-state index in [4.69, 9.17) is 9.47 Å². The standard InChI is InChI=1S/C19H24N2O4S/c22-15-4-6-19(12-21(15)13-2-3-13)5-1-7-20(11-19)18(23)17-16-14(10-26-17)24-8-9-25-16/h10,13H,1-9,11-12H2. The molecular weight excluding hydrogens is 352 g/mol. The Labute approximate surface area is 157 Å². The first-order chi connectivity index (χ1) is 12.7. The highest BCUT2D eigenvalue weighted by molar-refractivity contribution is 7.12. The average molecular weight is 376 g/mol. The molecule has 2 amide bonds. The Kier molecular flexibility index (Phi) is 3.88. The van der Waals surface area contributed by atoms with E-state index in [1.165, 1.54) is 11.3 Å². The van der Waals surface area contributed by atoms with E-state index in [2.05, 4.69) is 4.90 Å². The van der Waals surface area contributed by atoms with Crippen LogP contribution in [-0.4, -0.2) is 60.5 Å². The number of amides is 2. The number of rotatable bonds is 2. The molecule has 0 radical (unpaired) electrons. The number of carbonyl (C=O) groups excluding carboxylic acids is 2. The molecule has 1 aromatic rings. The van der Waals surface area contributed by atoms with Crippen molar-refractivity contribution in [3.05, 3.63) is 10.3 Å². The molecule has 4 aliphatic rings. The van der Waals surface area contributed by atoms with Crippen LogP contribution < -0.4 is 9.47 Å². The summed E-state index contributed by atoms with van der Waals surface area (Å²) in [4.78, 5) is 30.2. The lowest BCUT2D eigenvalue weighted by Gasteiger charge is -2.48. The molecular formula is C19H24N2O4S. The van der Waals surface area contributed by atoms with Crippen LogP contribution in [0.1, 0.15) is 48.2 Å². The van der Waals surface area contributed by atoms with Crippen molar-refractivity contribution in [2.45, 2.75) is 44.6 Å². The van der Waals surface area contributed by atoms with Gasteiger partial charge in [-0.25, -0.2) is 0 Å². The summed E-state index contributed by atoms with van der Waals surface area (Å²) in [6.45, 7) is 3.38. The van der Waals surface area contributed by atoms with Gasteiger partial charge in [0.15, 0.2) is 11.5 Å². The van der Waals surface area contributed by atoms with Gasteiger partial charge in [0.1, 0.15) is 18.1 Å². The van der Waals surface area contributed by atoms with Gasteiger partial charge < -0.3 is 19.3 Å². The van der Waals surface area contributed by atoms with Gasteiger partial charge in [0.2, 0.25) is 5.91 Å². The zero-order valence-electron chi connectivity index (χ0n) is 14.9. The Morgan fingerprint density at radius 3 is 2.88 bits per heavy atom. The van der Waals surface area contributed by atoms with Crippen LogP contribution in [0.5, 0.6) is 11.5 Å². The first-order valence-corrected chi connectivity index (χ1v) is 10.5. The lowest BCUT2D eigenvalue weighted by molar-refractivity contribution is -0.139. The second kappa shape index (κ2) is 6.15. The molecule has 0 aromatic carbocycles. The largest absolute Gasteiger partial charge is 0.485 e. The summed E-state index contributed by atoms with van der Waals surface area (Å²) in [5, 5.41) is 1.87. The van der Waals surface area contributed by atoms with Crippen LogP contribution >= 0.6 is 11.3 Å². The van der Waals surface area contributed by atoms with Crippen LogP contribution in [0, 0.1) is 5.41 Å². The molecule has 3 aliphatic heterocycles. The summed E-state index contributed by atoms with van der Waals surface area (Å²) in [5.74, 6) is 1.67. The van der Waals surface area contributed by atoms with Crippen molar-refractivity contribution in [3.8, 4) is 11.5 Å². The molecule has 26 heavy (non-hydrogen) atoms. The zero-order chi connectivity index (χ0) is 17.7. The third kappa shape index (κ3) is 2.76. The summed E-state index contributed by atoms with van der Waals surface area (Å²) in [6.07, 6.45) is 5.93. The number of thiophene rings is 1. The Bertz CT molecular complexity index is 744. The van der Waals surface area contributed by atoms with Crippen molar-refractivity contribution in [3.63, 3.8) is 0 Å². The Morgan fingerprint density at radius 1 is 1.19 bits per heavy atom. The highest BCUT2D eigenvalue weighted by Crippen LogP contribution is 2.44. The summed E-state index contributed by atoms with van der Waals surface area (Å²) in [5.41, 5.74) is 0.0685. The number of hydrogen-bond donors (Lipinski definition) is 0. The number of fused-ring (bicyclic) bond motifs is 1. The Morgan fingerprint density at radius 2 is 2.04 bits per heavy atom. The van der Waals surface area contributed by atoms with Gasteiger partial charge in [0.25, 0.3) is 5.91 Å². The zero-order valence-corrected chi connectivity index (χ0v) is 15.7. The molecule has 4 heterocycles. The maximum absolute atomic E-state index is 13.2. The normalized spacial score (nSPS) is 28.5. The van der Waals surface area contributed by atoms with E-state index in [1.54, 1.807) is 0 Å². The average Bonchev–Trinajstić information content (AvgIpc) is 3.42. The fourth-order valence-electron chi connectivity index (χ4n) is 4.63. The second-order valence-electron chi connectivity index (χ2n) is 8.04. The van der Waals surface area contributed by atoms with Crippen molar-refractivity contribution in [1.82, 2.24) is 9.80 Å². The molecule has 1 unspecified atom stereocenters. The van der Waals surface area contributed by atoms with E-state index in [0.29, 0.717) is 48.0 Å². The maximum atomic E-state index is 13.2. The van der Waals surface area contributed by atoms with Gasteiger partial charge in [-0.2, -0.15) is 0 Å². The minimum atomic E-state index is 0.0516. The van der Waals surface area contributed by atoms with Gasteiger partial charge in [-0.1, -0.05) is 0 Å². The van der Waals surface area contributed by atoms with Crippen molar-refractivity contribution in [2.75, 3.05) is 32.8 Å². The Hall–Kier alpha value is -1.76. The minimum absolute atomic E-state index is 0.0516. The van der Waals surface area contributed by atoms with Crippen LogP contribution in [0.15, 0.2) is 5.38 Å². The van der Waals surface area contributed by atoms with Crippen molar-refractivity contribution in [2.24, 2.45) is 5.41 Å². The predicted octanol–water partition coefficient (Wildman–Crippen LogP) is 2.53. The van der Waals surface area contributed by atoms with E-state index in [9.17, 15) is 9.59 Å². The highest BCUT2D eigenvalue weighted by Gasteiger charge is 2.46. The predicted molar refractivity (Wildman–Crippen MR) is 96.8 cm³/mol. The van der Waals surface area contributed by atoms with Crippen molar-refractivity contribution >= 4 is 23.2 Å². The quantitative estimate of drug-likeness (QED) is 0.796. The SMILES string of the molecule is O=C(c1scc2c1OCCO2)N1CCCC2(CCC(=O)N(C3CC3)C2)C1. The van der Waals surface area contributed by atoms with E-state index in [1.807, 2.05) is 10.3 Å². The third-order valence-electron chi connectivity index (χ3n) is 6.13. The molecule has 0 N–H and O–H groups in total. The van der Waals surface area contributed by atoms with Gasteiger partial charge in [-0.15, -0.1) is 11.3 Å². The van der Waals surface area contributed by atoms with Crippen molar-refractivity contribution < 1.29 is 19.1 Å². The summed E-state index contributed by atoms with van der Waals surface area (Å²) in [6, 6.07) is 0.459. The van der Waals surface area contributed by atoms with Crippen LogP contribution in [0.4, 0.5) is 0 Å². The molecule has 1 spiro atoms. The molecule has 1 aliphatic carbocycles. The smallest absolute Gasteiger partial charge is 0.267 e. The first-order valence-electron chi connectivity index (χ1n) is 9.61. The highest BCUT2D eigenvalue weighted by atomic mass is 32.1. The van der Waals surface area contributed by atoms with Gasteiger partial charge in [-0.3, -0.25) is 9.59 Å². The summed E-state index contributed by atoms with van der Waals surface area (Å²) >= 11 is 1.41. The number of carbonyl (C=O) groups is 2. The van der Waals surface area contributed by atoms with Gasteiger partial charge in [0.05, 0.1) is 0 Å². The van der Waals surface area contributed by atoms with Gasteiger partial charge in [-0.05, 0) is 32.1 Å². The minimum Gasteiger partial charge on any atom is -0.485 e. The van der Waals surface area contributed by atoms with Crippen LogP contribution in [0.3, 0.4) is 0 Å². The fourth-order valence-corrected chi connectivity index (χ4v) is 5.53. The lowest BCUT2D eigenvalue weighted by Crippen LogP contribution is -2.55. The molecule has 140 valence electrons. The lowest BCUT2D eigenvalue weighted by atomic mass is 9.73. The molecule has 3 fully saturated rings. The Balaban J connectivity index is 1.35. The van der Waals surface area contributed by atoms with Gasteiger partial charge in [0, 0.05) is 42.9 Å². The van der Waals surface area contributed by atoms with E-state index in [0.717, 1.165) is 51.7 Å². The number of piperidine rings is 2. The molecule has 1 atom stereocenters. The van der Waals surface area contributed by atoms with E-state index in [-0.39, 0.29) is 11.3 Å². The molecule has 2 saturated heterocycles. The van der Waals surface area contributed by atoms with E-state index >= 15 is 0 Å². The first kappa shape index (κ1) is 16.4. The number of hydrogen-bond acceptors (Lipinski definition) is 5. The van der Waals surface area contributed by atoms with Crippen molar-refractivity contribution in [1.29, 1.82) is 0 Å². The number of nitrogens with zero attached hydrogens (tertiary/aromatic N) is 2. The van der Waals surface area contributed by atoms with Crippen LogP contribution in [0.2, 0.25) is 0 Å². The topological polar surface area (TPSA) is 59.1 Å². The third-order valence-corrected chi connectivity index (χ3v) is 7.05. The molecule has 1 saturated carbocycles. The second-order valence-corrected chi connectivity index (χ2v) is 8.92. The summed E-state index contributed by atoms with van der Waals surface area (Å²) < 4.78 is 11.3. The van der Waals surface area contributed by atoms with Crippen LogP contribution in [-0.2, 0) is 4.79 Å². The summed E-state index contributed by atoms with van der Waals surface area (Å²) in [7, 11) is 0. The monoisotopic (exact) mass is 376 g/mol. The van der Waals surface area contributed by atoms with Gasteiger partial charge >= 0.3 is 0 Å². The molecule has 6 nitrogen and oxygen atoms in total. The number of ether oxygens (including phenoxy) is 2.